The molecule has 0 spiro atoms. The summed E-state index contributed by atoms with van der Waals surface area (Å²) in [5, 5.41) is 6.42. The fourth-order valence-corrected chi connectivity index (χ4v) is 2.74. The first-order chi connectivity index (χ1) is 10.3. The molecule has 21 heavy (non-hydrogen) atoms. The Morgan fingerprint density at radius 3 is 2.76 bits per heavy atom. The van der Waals surface area contributed by atoms with Crippen molar-refractivity contribution in [3.8, 4) is 0 Å². The van der Waals surface area contributed by atoms with Gasteiger partial charge >= 0.3 is 0 Å². The first-order valence-electron chi connectivity index (χ1n) is 7.47. The Bertz CT molecular complexity index is 566. The Morgan fingerprint density at radius 2 is 2.00 bits per heavy atom. The summed E-state index contributed by atoms with van der Waals surface area (Å²) >= 11 is 0. The zero-order chi connectivity index (χ0) is 14.5. The first kappa shape index (κ1) is 13.9. The second-order valence-corrected chi connectivity index (χ2v) is 5.37. The number of furan rings is 1. The molecule has 4 nitrogen and oxygen atoms in total. The van der Waals surface area contributed by atoms with E-state index in [0.717, 1.165) is 37.1 Å². The molecule has 2 aromatic rings. The van der Waals surface area contributed by atoms with Crippen molar-refractivity contribution >= 4 is 5.91 Å². The molecule has 1 aromatic carbocycles. The lowest BCUT2D eigenvalue weighted by molar-refractivity contribution is -0.123. The van der Waals surface area contributed by atoms with Crippen molar-refractivity contribution in [2.75, 3.05) is 6.54 Å². The zero-order valence-electron chi connectivity index (χ0n) is 11.9. The van der Waals surface area contributed by atoms with Gasteiger partial charge in [-0.1, -0.05) is 30.3 Å². The minimum Gasteiger partial charge on any atom is -0.467 e. The molecule has 0 aliphatic carbocycles. The van der Waals surface area contributed by atoms with Crippen molar-refractivity contribution < 1.29 is 9.21 Å². The minimum atomic E-state index is -0.178. The molecule has 2 unspecified atom stereocenters. The van der Waals surface area contributed by atoms with Crippen LogP contribution in [-0.4, -0.2) is 18.5 Å². The molecule has 1 aliphatic heterocycles. The molecule has 4 heteroatoms. The highest BCUT2D eigenvalue weighted by Crippen LogP contribution is 2.24. The minimum absolute atomic E-state index is 0.0833. The third-order valence-electron chi connectivity index (χ3n) is 3.86. The molecular formula is C17H20N2O2. The monoisotopic (exact) mass is 284 g/mol. The van der Waals surface area contributed by atoms with E-state index in [2.05, 4.69) is 22.8 Å². The number of hydrogen-bond acceptors (Lipinski definition) is 3. The van der Waals surface area contributed by atoms with Crippen LogP contribution in [0.4, 0.5) is 0 Å². The SMILES string of the molecule is O=C1NCCCCC1NC(c1ccccc1)c1ccco1. The van der Waals surface area contributed by atoms with E-state index in [1.165, 1.54) is 0 Å². The molecule has 0 bridgehead atoms. The molecule has 2 atom stereocenters. The summed E-state index contributed by atoms with van der Waals surface area (Å²) < 4.78 is 5.56. The van der Waals surface area contributed by atoms with Crippen LogP contribution < -0.4 is 10.6 Å². The number of amides is 1. The molecule has 1 amide bonds. The van der Waals surface area contributed by atoms with Gasteiger partial charge in [-0.05, 0) is 37.0 Å². The van der Waals surface area contributed by atoms with E-state index in [9.17, 15) is 4.79 Å². The molecule has 1 fully saturated rings. The van der Waals surface area contributed by atoms with Crippen molar-refractivity contribution in [3.05, 3.63) is 60.1 Å². The summed E-state index contributed by atoms with van der Waals surface area (Å²) in [4.78, 5) is 12.1. The average molecular weight is 284 g/mol. The number of nitrogens with one attached hydrogen (secondary N) is 2. The summed E-state index contributed by atoms with van der Waals surface area (Å²) in [6.45, 7) is 0.772. The Morgan fingerprint density at radius 1 is 1.14 bits per heavy atom. The zero-order valence-corrected chi connectivity index (χ0v) is 11.9. The van der Waals surface area contributed by atoms with Crippen molar-refractivity contribution in [1.82, 2.24) is 10.6 Å². The summed E-state index contributed by atoms with van der Waals surface area (Å²) in [6.07, 6.45) is 4.62. The van der Waals surface area contributed by atoms with Gasteiger partial charge < -0.3 is 9.73 Å². The average Bonchev–Trinajstić information content (AvgIpc) is 2.97. The van der Waals surface area contributed by atoms with E-state index in [4.69, 9.17) is 4.42 Å². The number of rotatable bonds is 4. The van der Waals surface area contributed by atoms with Gasteiger partial charge in [-0.3, -0.25) is 10.1 Å². The molecule has 1 aromatic heterocycles. The van der Waals surface area contributed by atoms with Crippen LogP contribution in [0, 0.1) is 0 Å². The highest BCUT2D eigenvalue weighted by molar-refractivity contribution is 5.82. The van der Waals surface area contributed by atoms with Gasteiger partial charge in [0, 0.05) is 6.54 Å². The van der Waals surface area contributed by atoms with Crippen LogP contribution in [0.2, 0.25) is 0 Å². The molecule has 1 saturated heterocycles. The number of carbonyl (C=O) groups excluding carboxylic acids is 1. The molecule has 2 heterocycles. The predicted octanol–water partition coefficient (Wildman–Crippen LogP) is 2.63. The quantitative estimate of drug-likeness (QED) is 0.907. The highest BCUT2D eigenvalue weighted by atomic mass is 16.3. The maximum absolute atomic E-state index is 12.1. The third-order valence-corrected chi connectivity index (χ3v) is 3.86. The van der Waals surface area contributed by atoms with Crippen molar-refractivity contribution in [3.63, 3.8) is 0 Å². The predicted molar refractivity (Wildman–Crippen MR) is 80.8 cm³/mol. The van der Waals surface area contributed by atoms with E-state index in [1.807, 2.05) is 30.3 Å². The Hall–Kier alpha value is -2.07. The Balaban J connectivity index is 1.84. The van der Waals surface area contributed by atoms with Crippen LogP contribution in [0.5, 0.6) is 0 Å². The fraction of sp³-hybridized carbons (Fsp3) is 0.353. The van der Waals surface area contributed by atoms with Crippen LogP contribution >= 0.6 is 0 Å². The molecule has 0 saturated carbocycles. The van der Waals surface area contributed by atoms with Crippen LogP contribution in [-0.2, 0) is 4.79 Å². The Kier molecular flexibility index (Phi) is 4.36. The number of hydrogen-bond donors (Lipinski definition) is 2. The number of benzene rings is 1. The maximum Gasteiger partial charge on any atom is 0.237 e. The fourth-order valence-electron chi connectivity index (χ4n) is 2.74. The lowest BCUT2D eigenvalue weighted by Crippen LogP contribution is -2.44. The van der Waals surface area contributed by atoms with Gasteiger partial charge in [0.2, 0.25) is 5.91 Å². The largest absolute Gasteiger partial charge is 0.467 e. The van der Waals surface area contributed by atoms with E-state index in [1.54, 1.807) is 6.26 Å². The second kappa shape index (κ2) is 6.59. The van der Waals surface area contributed by atoms with Crippen LogP contribution in [0.15, 0.2) is 53.1 Å². The highest BCUT2D eigenvalue weighted by Gasteiger charge is 2.26. The topological polar surface area (TPSA) is 54.3 Å². The smallest absolute Gasteiger partial charge is 0.237 e. The van der Waals surface area contributed by atoms with E-state index in [-0.39, 0.29) is 18.0 Å². The van der Waals surface area contributed by atoms with Gasteiger partial charge in [-0.25, -0.2) is 0 Å². The van der Waals surface area contributed by atoms with Crippen LogP contribution in [0.3, 0.4) is 0 Å². The van der Waals surface area contributed by atoms with Gasteiger partial charge in [-0.15, -0.1) is 0 Å². The first-order valence-corrected chi connectivity index (χ1v) is 7.47. The summed E-state index contributed by atoms with van der Waals surface area (Å²) in [6, 6.07) is 13.6. The van der Waals surface area contributed by atoms with Crippen molar-refractivity contribution in [1.29, 1.82) is 0 Å². The summed E-state index contributed by atoms with van der Waals surface area (Å²) in [7, 11) is 0. The summed E-state index contributed by atoms with van der Waals surface area (Å²) in [5.74, 6) is 0.915. The lowest BCUT2D eigenvalue weighted by atomic mass is 10.0. The van der Waals surface area contributed by atoms with E-state index in [0.29, 0.717) is 0 Å². The van der Waals surface area contributed by atoms with Crippen LogP contribution in [0.25, 0.3) is 0 Å². The van der Waals surface area contributed by atoms with Gasteiger partial charge in [0.25, 0.3) is 0 Å². The summed E-state index contributed by atoms with van der Waals surface area (Å²) in [5.41, 5.74) is 1.10. The molecule has 2 N–H and O–H groups in total. The van der Waals surface area contributed by atoms with Gasteiger partial charge in [0.1, 0.15) is 5.76 Å². The molecule has 1 aliphatic rings. The molecule has 3 rings (SSSR count). The maximum atomic E-state index is 12.1. The number of carbonyl (C=O) groups is 1. The third kappa shape index (κ3) is 3.34. The van der Waals surface area contributed by atoms with Gasteiger partial charge in [0.15, 0.2) is 0 Å². The Labute approximate surface area is 124 Å². The normalized spacial score (nSPS) is 20.6. The van der Waals surface area contributed by atoms with Crippen LogP contribution in [0.1, 0.15) is 36.6 Å². The van der Waals surface area contributed by atoms with E-state index >= 15 is 0 Å². The second-order valence-electron chi connectivity index (χ2n) is 5.37. The van der Waals surface area contributed by atoms with Crippen molar-refractivity contribution in [2.45, 2.75) is 31.3 Å². The molecular weight excluding hydrogens is 264 g/mol. The molecule has 110 valence electrons. The van der Waals surface area contributed by atoms with Crippen molar-refractivity contribution in [2.24, 2.45) is 0 Å². The van der Waals surface area contributed by atoms with Gasteiger partial charge in [0.05, 0.1) is 18.3 Å². The standard InChI is InChI=1S/C17H20N2O2/c20-17-14(9-4-5-11-18-17)19-16(15-10-6-12-21-15)13-7-2-1-3-8-13/h1-3,6-8,10,12,14,16,19H,4-5,9,11H2,(H,18,20). The lowest BCUT2D eigenvalue weighted by Gasteiger charge is -2.23. The van der Waals surface area contributed by atoms with Gasteiger partial charge in [-0.2, -0.15) is 0 Å². The molecule has 0 radical (unpaired) electrons. The van der Waals surface area contributed by atoms with E-state index < -0.39 is 0 Å².